The summed E-state index contributed by atoms with van der Waals surface area (Å²) in [5.41, 5.74) is 1.97. The van der Waals surface area contributed by atoms with Crippen molar-refractivity contribution in [3.05, 3.63) is 65.5 Å². The lowest BCUT2D eigenvalue weighted by Gasteiger charge is -2.25. The van der Waals surface area contributed by atoms with Crippen molar-refractivity contribution >= 4 is 5.97 Å². The Bertz CT molecular complexity index is 1290. The Morgan fingerprint density at radius 2 is 1.71 bits per heavy atom. The van der Waals surface area contributed by atoms with E-state index in [1.165, 1.54) is 24.3 Å². The number of esters is 1. The Kier molecular flexibility index (Phi) is 7.80. The van der Waals surface area contributed by atoms with Crippen molar-refractivity contribution in [3.63, 3.8) is 0 Å². The van der Waals surface area contributed by atoms with Gasteiger partial charge in [0.05, 0.1) is 12.3 Å². The molecule has 38 heavy (non-hydrogen) atoms. The summed E-state index contributed by atoms with van der Waals surface area (Å²) in [6, 6.07) is 10.8. The maximum absolute atomic E-state index is 12.4. The van der Waals surface area contributed by atoms with Crippen LogP contribution in [0.4, 0.5) is 13.2 Å². The van der Waals surface area contributed by atoms with Gasteiger partial charge in [-0.2, -0.15) is 0 Å². The number of halogens is 3. The molecule has 1 fully saturated rings. The summed E-state index contributed by atoms with van der Waals surface area (Å²) in [6.07, 6.45) is -1.04. The van der Waals surface area contributed by atoms with Crippen molar-refractivity contribution in [2.45, 2.75) is 65.0 Å². The van der Waals surface area contributed by atoms with Crippen molar-refractivity contribution in [1.82, 2.24) is 9.97 Å². The number of aromatic nitrogens is 2. The van der Waals surface area contributed by atoms with Gasteiger partial charge in [-0.1, -0.05) is 0 Å². The minimum Gasteiger partial charge on any atom is -0.489 e. The SMILES string of the molecule is CCOC(=O)C(C)(C)Oc1ccc(OCc2cnc(-c3ccc(OC(F)(F)F)cc3)nc2C2CC2)cc1C. The highest BCUT2D eigenvalue weighted by Gasteiger charge is 2.33. The fourth-order valence-corrected chi connectivity index (χ4v) is 3.79. The molecule has 4 rings (SSSR count). The van der Waals surface area contributed by atoms with Crippen LogP contribution < -0.4 is 14.2 Å². The lowest BCUT2D eigenvalue weighted by molar-refractivity contribution is -0.274. The molecule has 1 aliphatic rings. The van der Waals surface area contributed by atoms with E-state index in [0.29, 0.717) is 28.8 Å². The molecule has 0 saturated heterocycles. The number of hydrogen-bond acceptors (Lipinski definition) is 7. The van der Waals surface area contributed by atoms with Gasteiger partial charge >= 0.3 is 12.3 Å². The van der Waals surface area contributed by atoms with Crippen LogP contribution in [0, 0.1) is 6.92 Å². The summed E-state index contributed by atoms with van der Waals surface area (Å²) in [7, 11) is 0. The van der Waals surface area contributed by atoms with Crippen LogP contribution in [-0.2, 0) is 16.1 Å². The van der Waals surface area contributed by atoms with Crippen molar-refractivity contribution < 1.29 is 36.9 Å². The number of aryl methyl sites for hydroxylation is 1. The maximum atomic E-state index is 12.4. The van der Waals surface area contributed by atoms with Crippen molar-refractivity contribution in [1.29, 1.82) is 0 Å². The molecule has 1 heterocycles. The van der Waals surface area contributed by atoms with Gasteiger partial charge in [-0.3, -0.25) is 0 Å². The van der Waals surface area contributed by atoms with E-state index in [2.05, 4.69) is 9.72 Å². The summed E-state index contributed by atoms with van der Waals surface area (Å²) in [5.74, 6) is 1.15. The molecule has 0 atom stereocenters. The molecule has 0 unspecified atom stereocenters. The summed E-state index contributed by atoms with van der Waals surface area (Å²) in [4.78, 5) is 21.3. The Labute approximate surface area is 218 Å². The van der Waals surface area contributed by atoms with Gasteiger partial charge in [0.25, 0.3) is 0 Å². The lowest BCUT2D eigenvalue weighted by atomic mass is 10.1. The largest absolute Gasteiger partial charge is 0.573 e. The molecular formula is C28H29F3N2O5. The molecule has 0 spiro atoms. The number of benzene rings is 2. The second kappa shape index (κ2) is 10.9. The zero-order chi connectivity index (χ0) is 27.5. The lowest BCUT2D eigenvalue weighted by Crippen LogP contribution is -2.39. The monoisotopic (exact) mass is 530 g/mol. The standard InChI is InChI=1S/C28H29F3N2O5/c1-5-35-26(34)27(3,4)38-23-13-12-22(14-17(23)2)36-16-20-15-32-25(33-24(20)18-6-7-18)19-8-10-21(11-9-19)37-28(29,30)31/h8-15,18H,5-7,16H2,1-4H3. The van der Waals surface area contributed by atoms with Crippen LogP contribution in [0.5, 0.6) is 17.2 Å². The van der Waals surface area contributed by atoms with Crippen molar-refractivity contribution in [3.8, 4) is 28.6 Å². The van der Waals surface area contributed by atoms with Crippen molar-refractivity contribution in [2.75, 3.05) is 6.61 Å². The van der Waals surface area contributed by atoms with Crippen LogP contribution in [0.15, 0.2) is 48.7 Å². The van der Waals surface area contributed by atoms with Gasteiger partial charge in [0.15, 0.2) is 11.4 Å². The first-order valence-electron chi connectivity index (χ1n) is 12.3. The first-order chi connectivity index (χ1) is 17.9. The average molecular weight is 531 g/mol. The van der Waals surface area contributed by atoms with Gasteiger partial charge in [0.1, 0.15) is 23.9 Å². The molecule has 10 heteroatoms. The molecule has 0 bridgehead atoms. The summed E-state index contributed by atoms with van der Waals surface area (Å²) < 4.78 is 58.2. The minimum atomic E-state index is -4.75. The topological polar surface area (TPSA) is 79.8 Å². The van der Waals surface area contributed by atoms with E-state index in [0.717, 1.165) is 29.7 Å². The molecule has 0 N–H and O–H groups in total. The van der Waals surface area contributed by atoms with E-state index in [1.807, 2.05) is 13.0 Å². The summed E-state index contributed by atoms with van der Waals surface area (Å²) >= 11 is 0. The summed E-state index contributed by atoms with van der Waals surface area (Å²) in [6.45, 7) is 7.44. The quantitative estimate of drug-likeness (QED) is 0.276. The van der Waals surface area contributed by atoms with Gasteiger partial charge in [0, 0.05) is 23.2 Å². The molecule has 1 aromatic heterocycles. The molecule has 0 amide bonds. The molecule has 2 aromatic carbocycles. The van der Waals surface area contributed by atoms with Crippen LogP contribution >= 0.6 is 0 Å². The molecule has 0 radical (unpaired) electrons. The van der Waals surface area contributed by atoms with Gasteiger partial charge in [-0.25, -0.2) is 14.8 Å². The first-order valence-corrected chi connectivity index (χ1v) is 12.3. The number of rotatable bonds is 10. The Hall–Kier alpha value is -3.82. The van der Waals surface area contributed by atoms with Crippen LogP contribution in [0.25, 0.3) is 11.4 Å². The number of nitrogens with zero attached hydrogens (tertiary/aromatic N) is 2. The molecular weight excluding hydrogens is 501 g/mol. The van der Waals surface area contributed by atoms with Crippen LogP contribution in [0.3, 0.4) is 0 Å². The number of ether oxygens (including phenoxy) is 4. The third kappa shape index (κ3) is 6.93. The van der Waals surface area contributed by atoms with Gasteiger partial charge in [0.2, 0.25) is 0 Å². The van der Waals surface area contributed by atoms with E-state index in [4.69, 9.17) is 19.2 Å². The van der Waals surface area contributed by atoms with Gasteiger partial charge in [-0.05, 0) is 88.6 Å². The zero-order valence-electron chi connectivity index (χ0n) is 21.6. The average Bonchev–Trinajstić information content (AvgIpc) is 3.69. The fraction of sp³-hybridized carbons (Fsp3) is 0.393. The van der Waals surface area contributed by atoms with E-state index >= 15 is 0 Å². The third-order valence-corrected chi connectivity index (χ3v) is 5.88. The van der Waals surface area contributed by atoms with Crippen LogP contribution in [0.1, 0.15) is 56.4 Å². The van der Waals surface area contributed by atoms with E-state index < -0.39 is 17.9 Å². The number of carbonyl (C=O) groups is 1. The molecule has 7 nitrogen and oxygen atoms in total. The maximum Gasteiger partial charge on any atom is 0.573 e. The zero-order valence-corrected chi connectivity index (χ0v) is 21.6. The van der Waals surface area contributed by atoms with E-state index in [9.17, 15) is 18.0 Å². The normalized spacial score (nSPS) is 13.7. The van der Waals surface area contributed by atoms with Gasteiger partial charge in [-0.15, -0.1) is 13.2 Å². The Balaban J connectivity index is 1.45. The predicted molar refractivity (Wildman–Crippen MR) is 133 cm³/mol. The number of carbonyl (C=O) groups excluding carboxylic acids is 1. The molecule has 1 aliphatic carbocycles. The molecule has 202 valence electrons. The predicted octanol–water partition coefficient (Wildman–Crippen LogP) is 6.53. The molecule has 1 saturated carbocycles. The smallest absolute Gasteiger partial charge is 0.489 e. The highest BCUT2D eigenvalue weighted by molar-refractivity contribution is 5.79. The number of hydrogen-bond donors (Lipinski definition) is 0. The number of alkyl halides is 3. The minimum absolute atomic E-state index is 0.248. The Morgan fingerprint density at radius 3 is 2.32 bits per heavy atom. The van der Waals surface area contributed by atoms with E-state index in [-0.39, 0.29) is 19.0 Å². The second-order valence-electron chi connectivity index (χ2n) is 9.50. The molecule has 3 aromatic rings. The fourth-order valence-electron chi connectivity index (χ4n) is 3.79. The van der Waals surface area contributed by atoms with Crippen LogP contribution in [-0.4, -0.2) is 34.5 Å². The highest BCUT2D eigenvalue weighted by Crippen LogP contribution is 2.41. The molecule has 0 aliphatic heterocycles. The first kappa shape index (κ1) is 27.2. The second-order valence-corrected chi connectivity index (χ2v) is 9.50. The summed E-state index contributed by atoms with van der Waals surface area (Å²) in [5, 5.41) is 0. The van der Waals surface area contributed by atoms with Crippen molar-refractivity contribution in [2.24, 2.45) is 0 Å². The van der Waals surface area contributed by atoms with E-state index in [1.54, 1.807) is 39.1 Å². The highest BCUT2D eigenvalue weighted by atomic mass is 19.4. The van der Waals surface area contributed by atoms with Crippen LogP contribution in [0.2, 0.25) is 0 Å². The third-order valence-electron chi connectivity index (χ3n) is 5.88. The Morgan fingerprint density at radius 1 is 1.03 bits per heavy atom. The van der Waals surface area contributed by atoms with Gasteiger partial charge < -0.3 is 18.9 Å².